The molecule has 0 bridgehead atoms. The fourth-order valence-corrected chi connectivity index (χ4v) is 1.54. The summed E-state index contributed by atoms with van der Waals surface area (Å²) in [5, 5.41) is 11.0. The molecule has 1 atom stereocenters. The molecule has 0 radical (unpaired) electrons. The van der Waals surface area contributed by atoms with Gasteiger partial charge < -0.3 is 10.4 Å². The van der Waals surface area contributed by atoms with Crippen molar-refractivity contribution in [1.82, 2.24) is 5.32 Å². The van der Waals surface area contributed by atoms with Gasteiger partial charge in [-0.15, -0.1) is 0 Å². The zero-order valence-electron chi connectivity index (χ0n) is 10.3. The SMILES string of the molecule is CCC(C)(NC(=O)c1cc(F)c(F)cc1Cl)C(=O)O. The Morgan fingerprint density at radius 3 is 2.37 bits per heavy atom. The monoisotopic (exact) mass is 291 g/mol. The molecule has 1 rings (SSSR count). The minimum atomic E-state index is -1.51. The van der Waals surface area contributed by atoms with Gasteiger partial charge in [-0.25, -0.2) is 13.6 Å². The van der Waals surface area contributed by atoms with Crippen molar-refractivity contribution in [3.05, 3.63) is 34.4 Å². The van der Waals surface area contributed by atoms with Crippen LogP contribution in [-0.2, 0) is 4.79 Å². The fraction of sp³-hybridized carbons (Fsp3) is 0.333. The summed E-state index contributed by atoms with van der Waals surface area (Å²) in [5.41, 5.74) is -1.83. The molecule has 2 N–H and O–H groups in total. The second-order valence-corrected chi connectivity index (χ2v) is 4.60. The highest BCUT2D eigenvalue weighted by Gasteiger charge is 2.33. The van der Waals surface area contributed by atoms with Crippen LogP contribution < -0.4 is 5.32 Å². The molecule has 1 amide bonds. The normalized spacial score (nSPS) is 13.7. The van der Waals surface area contributed by atoms with Crippen LogP contribution in [0.4, 0.5) is 8.78 Å². The first-order chi connectivity index (χ1) is 8.71. The molecule has 0 aliphatic heterocycles. The summed E-state index contributed by atoms with van der Waals surface area (Å²) >= 11 is 5.63. The quantitative estimate of drug-likeness (QED) is 0.838. The van der Waals surface area contributed by atoms with Gasteiger partial charge >= 0.3 is 5.97 Å². The number of carboxylic acids is 1. The first-order valence-electron chi connectivity index (χ1n) is 5.41. The van der Waals surface area contributed by atoms with Crippen LogP contribution in [0.2, 0.25) is 5.02 Å². The lowest BCUT2D eigenvalue weighted by atomic mass is 9.98. The molecule has 104 valence electrons. The van der Waals surface area contributed by atoms with Gasteiger partial charge in [0.2, 0.25) is 0 Å². The van der Waals surface area contributed by atoms with Crippen molar-refractivity contribution in [2.75, 3.05) is 0 Å². The number of nitrogens with one attached hydrogen (secondary N) is 1. The smallest absolute Gasteiger partial charge is 0.329 e. The lowest BCUT2D eigenvalue weighted by Gasteiger charge is -2.24. The molecule has 4 nitrogen and oxygen atoms in total. The molecular formula is C12H12ClF2NO3. The summed E-state index contributed by atoms with van der Waals surface area (Å²) in [7, 11) is 0. The van der Waals surface area contributed by atoms with E-state index >= 15 is 0 Å². The summed E-state index contributed by atoms with van der Waals surface area (Å²) in [6.45, 7) is 2.88. The Kier molecular flexibility index (Phi) is 4.47. The number of carboxylic acid groups (broad SMARTS) is 1. The molecule has 0 aliphatic carbocycles. The molecule has 0 aromatic heterocycles. The molecule has 19 heavy (non-hydrogen) atoms. The Hall–Kier alpha value is -1.69. The number of carbonyl (C=O) groups excluding carboxylic acids is 1. The van der Waals surface area contributed by atoms with Gasteiger partial charge in [-0.2, -0.15) is 0 Å². The minimum absolute atomic E-state index is 0.120. The van der Waals surface area contributed by atoms with Crippen LogP contribution in [0.5, 0.6) is 0 Å². The van der Waals surface area contributed by atoms with E-state index in [-0.39, 0.29) is 17.0 Å². The highest BCUT2D eigenvalue weighted by molar-refractivity contribution is 6.33. The highest BCUT2D eigenvalue weighted by atomic mass is 35.5. The standard InChI is InChI=1S/C12H12ClF2NO3/c1-3-12(2,11(18)19)16-10(17)6-4-8(14)9(15)5-7(6)13/h4-5H,3H2,1-2H3,(H,16,17)(H,18,19). The predicted octanol–water partition coefficient (Wildman–Crippen LogP) is 2.60. The van der Waals surface area contributed by atoms with Crippen molar-refractivity contribution < 1.29 is 23.5 Å². The van der Waals surface area contributed by atoms with Crippen LogP contribution in [0, 0.1) is 11.6 Å². The molecule has 0 fully saturated rings. The lowest BCUT2D eigenvalue weighted by molar-refractivity contribution is -0.143. The molecular weight excluding hydrogens is 280 g/mol. The molecule has 1 unspecified atom stereocenters. The Balaban J connectivity index is 3.08. The van der Waals surface area contributed by atoms with E-state index in [2.05, 4.69) is 5.32 Å². The molecule has 1 aromatic carbocycles. The van der Waals surface area contributed by atoms with Crippen LogP contribution in [0.1, 0.15) is 30.6 Å². The average molecular weight is 292 g/mol. The summed E-state index contributed by atoms with van der Waals surface area (Å²) in [6, 6.07) is 1.29. The third-order valence-corrected chi connectivity index (χ3v) is 3.14. The zero-order chi connectivity index (χ0) is 14.8. The Bertz CT molecular complexity index is 536. The van der Waals surface area contributed by atoms with Crippen LogP contribution in [0.3, 0.4) is 0 Å². The summed E-state index contributed by atoms with van der Waals surface area (Å²) < 4.78 is 25.9. The number of amides is 1. The van der Waals surface area contributed by atoms with Crippen molar-refractivity contribution in [3.8, 4) is 0 Å². The van der Waals surface area contributed by atoms with E-state index in [9.17, 15) is 18.4 Å². The van der Waals surface area contributed by atoms with Gasteiger partial charge in [-0.3, -0.25) is 4.79 Å². The first-order valence-corrected chi connectivity index (χ1v) is 5.79. The molecule has 7 heteroatoms. The summed E-state index contributed by atoms with van der Waals surface area (Å²) in [4.78, 5) is 22.9. The van der Waals surface area contributed by atoms with Crippen LogP contribution >= 0.6 is 11.6 Å². The van der Waals surface area contributed by atoms with Gasteiger partial charge in [0.1, 0.15) is 5.54 Å². The van der Waals surface area contributed by atoms with Gasteiger partial charge in [0.05, 0.1) is 10.6 Å². The van der Waals surface area contributed by atoms with Crippen molar-refractivity contribution in [2.24, 2.45) is 0 Å². The van der Waals surface area contributed by atoms with Crippen LogP contribution in [0.25, 0.3) is 0 Å². The van der Waals surface area contributed by atoms with E-state index in [4.69, 9.17) is 16.7 Å². The van der Waals surface area contributed by atoms with Crippen molar-refractivity contribution in [3.63, 3.8) is 0 Å². The minimum Gasteiger partial charge on any atom is -0.480 e. The fourth-order valence-electron chi connectivity index (χ4n) is 1.31. The van der Waals surface area contributed by atoms with Gasteiger partial charge in [0.15, 0.2) is 11.6 Å². The van der Waals surface area contributed by atoms with E-state index in [0.717, 1.165) is 0 Å². The van der Waals surface area contributed by atoms with Crippen molar-refractivity contribution >= 4 is 23.5 Å². The number of hydrogen-bond donors (Lipinski definition) is 2. The van der Waals surface area contributed by atoms with E-state index in [1.165, 1.54) is 6.92 Å². The van der Waals surface area contributed by atoms with Crippen molar-refractivity contribution in [2.45, 2.75) is 25.8 Å². The van der Waals surface area contributed by atoms with Crippen molar-refractivity contribution in [1.29, 1.82) is 0 Å². The number of hydrogen-bond acceptors (Lipinski definition) is 2. The Morgan fingerprint density at radius 2 is 1.89 bits per heavy atom. The topological polar surface area (TPSA) is 66.4 Å². The van der Waals surface area contributed by atoms with E-state index < -0.39 is 29.0 Å². The highest BCUT2D eigenvalue weighted by Crippen LogP contribution is 2.21. The predicted molar refractivity (Wildman–Crippen MR) is 65.2 cm³/mol. The summed E-state index contributed by atoms with van der Waals surface area (Å²) in [6.07, 6.45) is 0.120. The molecule has 0 saturated heterocycles. The van der Waals surface area contributed by atoms with E-state index in [0.29, 0.717) is 12.1 Å². The average Bonchev–Trinajstić information content (AvgIpc) is 2.33. The molecule has 0 aliphatic rings. The lowest BCUT2D eigenvalue weighted by Crippen LogP contribution is -2.51. The maximum Gasteiger partial charge on any atom is 0.329 e. The number of aliphatic carboxylic acids is 1. The largest absolute Gasteiger partial charge is 0.480 e. The van der Waals surface area contributed by atoms with Gasteiger partial charge in [-0.1, -0.05) is 18.5 Å². The number of benzene rings is 1. The molecule has 1 aromatic rings. The molecule has 0 saturated carbocycles. The maximum absolute atomic E-state index is 13.1. The maximum atomic E-state index is 13.1. The Morgan fingerprint density at radius 1 is 1.37 bits per heavy atom. The third kappa shape index (κ3) is 3.20. The first kappa shape index (κ1) is 15.4. The number of carbonyl (C=O) groups is 2. The second-order valence-electron chi connectivity index (χ2n) is 4.19. The van der Waals surface area contributed by atoms with E-state index in [1.54, 1.807) is 6.92 Å². The van der Waals surface area contributed by atoms with Crippen LogP contribution in [-0.4, -0.2) is 22.5 Å². The molecule has 0 spiro atoms. The van der Waals surface area contributed by atoms with E-state index in [1.807, 2.05) is 0 Å². The van der Waals surface area contributed by atoms with Gasteiger partial charge in [0, 0.05) is 0 Å². The number of halogens is 3. The van der Waals surface area contributed by atoms with Gasteiger partial charge in [0.25, 0.3) is 5.91 Å². The summed E-state index contributed by atoms with van der Waals surface area (Å²) in [5.74, 6) is -4.53. The van der Waals surface area contributed by atoms with Gasteiger partial charge in [-0.05, 0) is 25.5 Å². The Labute approximate surface area is 113 Å². The zero-order valence-corrected chi connectivity index (χ0v) is 11.0. The number of rotatable bonds is 4. The second kappa shape index (κ2) is 5.52. The molecule has 0 heterocycles. The third-order valence-electron chi connectivity index (χ3n) is 2.82. The van der Waals surface area contributed by atoms with Crippen LogP contribution in [0.15, 0.2) is 12.1 Å².